The molecule has 1 N–H and O–H groups in total. The zero-order valence-corrected chi connectivity index (χ0v) is 24.1. The molecule has 1 aromatic carbocycles. The number of esters is 1. The van der Waals surface area contributed by atoms with E-state index in [4.69, 9.17) is 9.15 Å². The van der Waals surface area contributed by atoms with Gasteiger partial charge in [-0.3, -0.25) is 14.6 Å². The third-order valence-electron chi connectivity index (χ3n) is 8.43. The average molecular weight is 551 g/mol. The van der Waals surface area contributed by atoms with Crippen molar-refractivity contribution in [2.24, 2.45) is 4.99 Å². The Morgan fingerprint density at radius 2 is 1.85 bits per heavy atom. The summed E-state index contributed by atoms with van der Waals surface area (Å²) in [5.74, 6) is -0.216. The van der Waals surface area contributed by atoms with Gasteiger partial charge in [0.05, 0.1) is 31.8 Å². The second-order valence-corrected chi connectivity index (χ2v) is 11.6. The van der Waals surface area contributed by atoms with Crippen molar-refractivity contribution in [3.8, 4) is 0 Å². The number of nitrogens with one attached hydrogen (secondary N) is 1. The predicted molar refractivity (Wildman–Crippen MR) is 152 cm³/mol. The predicted octanol–water partition coefficient (Wildman–Crippen LogP) is 4.46. The first kappa shape index (κ1) is 29.4. The number of carbonyl (C=O) groups is 3. The summed E-state index contributed by atoms with van der Waals surface area (Å²) in [6, 6.07) is 12.9. The minimum Gasteiger partial charge on any atom is -0.467 e. The van der Waals surface area contributed by atoms with E-state index in [-0.39, 0.29) is 30.8 Å². The van der Waals surface area contributed by atoms with Gasteiger partial charge in [0.15, 0.2) is 6.04 Å². The molecule has 0 bridgehead atoms. The molecule has 1 saturated carbocycles. The van der Waals surface area contributed by atoms with Crippen molar-refractivity contribution < 1.29 is 23.5 Å². The van der Waals surface area contributed by atoms with Gasteiger partial charge in [-0.15, -0.1) is 0 Å². The maximum Gasteiger partial charge on any atom is 0.333 e. The van der Waals surface area contributed by atoms with E-state index < -0.39 is 23.1 Å². The fourth-order valence-corrected chi connectivity index (χ4v) is 5.69. The first-order valence-electron chi connectivity index (χ1n) is 14.2. The number of hydrogen-bond donors (Lipinski definition) is 1. The highest BCUT2D eigenvalue weighted by molar-refractivity contribution is 5.91. The Kier molecular flexibility index (Phi) is 9.32. The fraction of sp³-hybridized carbons (Fsp3) is 0.548. The Morgan fingerprint density at radius 1 is 1.12 bits per heavy atom. The topological polar surface area (TPSA) is 104 Å². The van der Waals surface area contributed by atoms with Crippen LogP contribution in [0.2, 0.25) is 0 Å². The number of hydrogen-bond acceptors (Lipinski definition) is 7. The van der Waals surface area contributed by atoms with Crippen molar-refractivity contribution in [3.05, 3.63) is 60.1 Å². The van der Waals surface area contributed by atoms with E-state index in [1.807, 2.05) is 42.2 Å². The van der Waals surface area contributed by atoms with Crippen molar-refractivity contribution in [1.82, 2.24) is 15.1 Å². The Labute approximate surface area is 236 Å². The number of amides is 2. The molecule has 2 atom stereocenters. The molecular weight excluding hydrogens is 508 g/mol. The van der Waals surface area contributed by atoms with Crippen LogP contribution in [0.1, 0.15) is 77.0 Å². The zero-order chi connectivity index (χ0) is 28.8. The molecule has 2 aliphatic rings. The van der Waals surface area contributed by atoms with Crippen LogP contribution >= 0.6 is 0 Å². The molecule has 0 spiro atoms. The van der Waals surface area contributed by atoms with Crippen LogP contribution < -0.4 is 5.32 Å². The van der Waals surface area contributed by atoms with Gasteiger partial charge in [-0.1, -0.05) is 49.6 Å². The molecular formula is C31H42N4O5. The lowest BCUT2D eigenvalue weighted by atomic mass is 9.86. The lowest BCUT2D eigenvalue weighted by Gasteiger charge is -2.41. The first-order chi connectivity index (χ1) is 19.1. The number of methoxy groups -OCH3 is 1. The number of ether oxygens (including phenoxy) is 1. The normalized spacial score (nSPS) is 21.3. The minimum absolute atomic E-state index is 0.111. The summed E-state index contributed by atoms with van der Waals surface area (Å²) in [7, 11) is 1.35. The molecule has 2 aromatic rings. The van der Waals surface area contributed by atoms with Gasteiger partial charge in [0.1, 0.15) is 11.3 Å². The standard InChI is InChI=1S/C31H42N4O5/c1-30(2,29(38)33-24-14-9-6-10-15-24)35(21-25-16-11-19-40-25)26(36)17-18-31(3)27(28(37)39-4)32-22-34(31)20-23-12-7-5-8-13-23/h5,7-8,11-13,16,19,22,24,27H,6,9-10,14-15,17-18,20-21H2,1-4H3,(H,33,38). The highest BCUT2D eigenvalue weighted by Gasteiger charge is 2.48. The Bertz CT molecular complexity index is 1170. The maximum absolute atomic E-state index is 14.0. The summed E-state index contributed by atoms with van der Waals surface area (Å²) in [4.78, 5) is 48.3. The molecule has 1 aliphatic carbocycles. The van der Waals surface area contributed by atoms with E-state index in [0.717, 1.165) is 31.2 Å². The van der Waals surface area contributed by atoms with Gasteiger partial charge in [-0.25, -0.2) is 4.79 Å². The van der Waals surface area contributed by atoms with Gasteiger partial charge in [-0.2, -0.15) is 0 Å². The van der Waals surface area contributed by atoms with E-state index in [1.165, 1.54) is 13.5 Å². The van der Waals surface area contributed by atoms with Gasteiger partial charge < -0.3 is 24.3 Å². The van der Waals surface area contributed by atoms with Gasteiger partial charge >= 0.3 is 5.97 Å². The van der Waals surface area contributed by atoms with Crippen LogP contribution in [0.4, 0.5) is 0 Å². The van der Waals surface area contributed by atoms with E-state index >= 15 is 0 Å². The monoisotopic (exact) mass is 550 g/mol. The van der Waals surface area contributed by atoms with Crippen molar-refractivity contribution in [3.63, 3.8) is 0 Å². The van der Waals surface area contributed by atoms with Crippen LogP contribution in [0.15, 0.2) is 58.1 Å². The molecule has 0 radical (unpaired) electrons. The SMILES string of the molecule is COC(=O)C1N=CN(Cc2ccccc2)C1(C)CCC(=O)N(Cc1ccco1)C(C)(C)C(=O)NC1CCCCC1. The summed E-state index contributed by atoms with van der Waals surface area (Å²) in [6.45, 7) is 6.21. The number of aliphatic imine (C=N–C) groups is 1. The zero-order valence-electron chi connectivity index (χ0n) is 24.1. The second kappa shape index (κ2) is 12.7. The molecule has 9 heteroatoms. The maximum atomic E-state index is 14.0. The van der Waals surface area contributed by atoms with Crippen LogP contribution in [-0.4, -0.2) is 64.2 Å². The molecule has 2 amide bonds. The lowest BCUT2D eigenvalue weighted by Crippen LogP contribution is -2.59. The summed E-state index contributed by atoms with van der Waals surface area (Å²) in [5, 5.41) is 3.19. The number of carbonyl (C=O) groups excluding carboxylic acids is 3. The third-order valence-corrected chi connectivity index (χ3v) is 8.43. The van der Waals surface area contributed by atoms with Gasteiger partial charge in [-0.05, 0) is 57.7 Å². The van der Waals surface area contributed by atoms with E-state index in [0.29, 0.717) is 18.7 Å². The molecule has 0 saturated heterocycles. The Morgan fingerprint density at radius 3 is 2.50 bits per heavy atom. The average Bonchev–Trinajstić information content (AvgIpc) is 3.59. The fourth-order valence-electron chi connectivity index (χ4n) is 5.69. The molecule has 216 valence electrons. The molecule has 40 heavy (non-hydrogen) atoms. The highest BCUT2D eigenvalue weighted by Crippen LogP contribution is 2.34. The summed E-state index contributed by atoms with van der Waals surface area (Å²) < 4.78 is 10.6. The van der Waals surface area contributed by atoms with Crippen molar-refractivity contribution >= 4 is 24.1 Å². The van der Waals surface area contributed by atoms with E-state index in [9.17, 15) is 14.4 Å². The number of rotatable bonds is 11. The van der Waals surface area contributed by atoms with E-state index in [2.05, 4.69) is 10.3 Å². The molecule has 4 rings (SSSR count). The van der Waals surface area contributed by atoms with Gasteiger partial charge in [0.25, 0.3) is 0 Å². The Hall–Kier alpha value is -3.62. The molecule has 9 nitrogen and oxygen atoms in total. The van der Waals surface area contributed by atoms with Crippen LogP contribution in [0.5, 0.6) is 0 Å². The Balaban J connectivity index is 1.53. The van der Waals surface area contributed by atoms with Crippen LogP contribution in [0.3, 0.4) is 0 Å². The summed E-state index contributed by atoms with van der Waals surface area (Å²) in [5.41, 5.74) is -0.833. The number of nitrogens with zero attached hydrogens (tertiary/aromatic N) is 3. The number of benzene rings is 1. The molecule has 1 aromatic heterocycles. The van der Waals surface area contributed by atoms with Crippen LogP contribution in [0.25, 0.3) is 0 Å². The van der Waals surface area contributed by atoms with Crippen LogP contribution in [0, 0.1) is 0 Å². The van der Waals surface area contributed by atoms with Crippen molar-refractivity contribution in [2.75, 3.05) is 7.11 Å². The van der Waals surface area contributed by atoms with Crippen molar-refractivity contribution in [1.29, 1.82) is 0 Å². The largest absolute Gasteiger partial charge is 0.467 e. The highest BCUT2D eigenvalue weighted by atomic mass is 16.5. The van der Waals surface area contributed by atoms with Gasteiger partial charge in [0.2, 0.25) is 11.8 Å². The summed E-state index contributed by atoms with van der Waals surface area (Å²) in [6.07, 6.45) is 9.00. The first-order valence-corrected chi connectivity index (χ1v) is 14.2. The second-order valence-electron chi connectivity index (χ2n) is 11.6. The molecule has 1 aliphatic heterocycles. The molecule has 2 heterocycles. The van der Waals surface area contributed by atoms with Crippen molar-refractivity contribution in [2.45, 2.75) is 102 Å². The number of furan rings is 1. The quantitative estimate of drug-likeness (QED) is 0.414. The van der Waals surface area contributed by atoms with Gasteiger partial charge in [0, 0.05) is 19.0 Å². The van der Waals surface area contributed by atoms with E-state index in [1.54, 1.807) is 43.5 Å². The van der Waals surface area contributed by atoms with Crippen LogP contribution in [-0.2, 0) is 32.2 Å². The smallest absolute Gasteiger partial charge is 0.333 e. The lowest BCUT2D eigenvalue weighted by molar-refractivity contribution is -0.149. The minimum atomic E-state index is -1.11. The summed E-state index contributed by atoms with van der Waals surface area (Å²) >= 11 is 0. The molecule has 1 fully saturated rings. The third kappa shape index (κ3) is 6.57. The molecule has 2 unspecified atom stereocenters.